The van der Waals surface area contributed by atoms with Crippen LogP contribution in [0.4, 0.5) is 5.95 Å². The largest absolute Gasteiger partial charge is 0.352 e. The van der Waals surface area contributed by atoms with Gasteiger partial charge in [-0.05, 0) is 31.7 Å². The average Bonchev–Trinajstić information content (AvgIpc) is 3.13. The maximum atomic E-state index is 12.5. The first-order valence-electron chi connectivity index (χ1n) is 9.62. The third-order valence-electron chi connectivity index (χ3n) is 4.70. The maximum Gasteiger partial charge on any atom is 0.263 e. The molecule has 2 N–H and O–H groups in total. The molecule has 0 bridgehead atoms. The van der Waals surface area contributed by atoms with Crippen LogP contribution in [0, 0.1) is 0 Å². The molecule has 4 rings (SSSR count). The van der Waals surface area contributed by atoms with Crippen LogP contribution in [0.5, 0.6) is 0 Å². The zero-order chi connectivity index (χ0) is 20.2. The van der Waals surface area contributed by atoms with Crippen molar-refractivity contribution in [3.8, 4) is 5.69 Å². The van der Waals surface area contributed by atoms with Crippen LogP contribution in [0.25, 0.3) is 16.7 Å². The van der Waals surface area contributed by atoms with Gasteiger partial charge in [-0.15, -0.1) is 0 Å². The number of fused-ring (bicyclic) bond motifs is 1. The second kappa shape index (κ2) is 8.28. The number of benzene rings is 2. The van der Waals surface area contributed by atoms with Crippen LogP contribution in [0.3, 0.4) is 0 Å². The van der Waals surface area contributed by atoms with Gasteiger partial charge in [0, 0.05) is 19.1 Å². The fourth-order valence-corrected chi connectivity index (χ4v) is 3.45. The lowest BCUT2D eigenvalue weighted by atomic mass is 10.2. The van der Waals surface area contributed by atoms with Gasteiger partial charge in [0.2, 0.25) is 5.95 Å². The minimum atomic E-state index is -0.204. The van der Waals surface area contributed by atoms with Crippen LogP contribution in [0.1, 0.15) is 12.5 Å². The Hall–Kier alpha value is -3.45. The van der Waals surface area contributed by atoms with E-state index in [0.717, 1.165) is 18.8 Å². The Morgan fingerprint density at radius 2 is 1.79 bits per heavy atom. The number of para-hydroxylation sites is 1. The summed E-state index contributed by atoms with van der Waals surface area (Å²) in [6.45, 7) is 3.73. The lowest BCUT2D eigenvalue weighted by Crippen LogP contribution is -2.33. The highest BCUT2D eigenvalue weighted by atomic mass is 16.1. The summed E-state index contributed by atoms with van der Waals surface area (Å²) in [6, 6.07) is 20.1. The summed E-state index contributed by atoms with van der Waals surface area (Å²) in [4.78, 5) is 22.2. The summed E-state index contributed by atoms with van der Waals surface area (Å²) >= 11 is 0. The third kappa shape index (κ3) is 4.35. The van der Waals surface area contributed by atoms with Crippen LogP contribution in [0.15, 0.2) is 71.7 Å². The monoisotopic (exact) mass is 388 g/mol. The second-order valence-corrected chi connectivity index (χ2v) is 7.27. The number of nitrogens with zero attached hydrogens (tertiary/aromatic N) is 4. The van der Waals surface area contributed by atoms with Crippen molar-refractivity contribution in [1.29, 1.82) is 0 Å². The van der Waals surface area contributed by atoms with Gasteiger partial charge in [-0.3, -0.25) is 9.78 Å². The number of rotatable bonds is 7. The lowest BCUT2D eigenvalue weighted by molar-refractivity contribution is 0.316. The van der Waals surface area contributed by atoms with Crippen LogP contribution < -0.4 is 10.9 Å². The molecule has 0 aliphatic carbocycles. The molecule has 2 heterocycles. The predicted octanol–water partition coefficient (Wildman–Crippen LogP) is 3.04. The topological polar surface area (TPSA) is 78.8 Å². The molecule has 0 radical (unpaired) electrons. The average molecular weight is 388 g/mol. The van der Waals surface area contributed by atoms with Crippen molar-refractivity contribution in [1.82, 2.24) is 24.6 Å². The van der Waals surface area contributed by atoms with Gasteiger partial charge in [-0.25, -0.2) is 4.68 Å². The minimum Gasteiger partial charge on any atom is -0.352 e. The molecule has 0 aliphatic heterocycles. The Balaban J connectivity index is 1.51. The van der Waals surface area contributed by atoms with E-state index in [-0.39, 0.29) is 11.6 Å². The Kier molecular flexibility index (Phi) is 5.39. The minimum absolute atomic E-state index is 0.0948. The number of hydrogen-bond acceptors (Lipinski definition) is 5. The summed E-state index contributed by atoms with van der Waals surface area (Å²) in [7, 11) is 2.08. The number of H-pyrrole nitrogens is 1. The first-order valence-corrected chi connectivity index (χ1v) is 9.62. The Bertz CT molecular complexity index is 1140. The van der Waals surface area contributed by atoms with E-state index in [1.54, 1.807) is 10.9 Å². The normalized spacial score (nSPS) is 12.4. The molecule has 2 aromatic heterocycles. The standard InChI is InChI=1S/C22H24N6O/c1-16(14-27(2)15-17-9-5-3-6-10-17)24-22-25-20-19(21(29)26-22)13-23-28(20)18-11-7-4-8-12-18/h3-13,16H,14-15H2,1-2H3,(H2,24,25,26,29). The smallest absolute Gasteiger partial charge is 0.263 e. The van der Waals surface area contributed by atoms with Gasteiger partial charge in [0.05, 0.1) is 11.9 Å². The molecule has 0 saturated heterocycles. The van der Waals surface area contributed by atoms with Gasteiger partial charge in [0.1, 0.15) is 5.39 Å². The highest BCUT2D eigenvalue weighted by Gasteiger charge is 2.13. The summed E-state index contributed by atoms with van der Waals surface area (Å²) in [6.07, 6.45) is 1.55. The molecular formula is C22H24N6O. The van der Waals surface area contributed by atoms with Crippen molar-refractivity contribution >= 4 is 17.0 Å². The van der Waals surface area contributed by atoms with Gasteiger partial charge < -0.3 is 10.2 Å². The molecule has 2 aromatic carbocycles. The Morgan fingerprint density at radius 1 is 1.10 bits per heavy atom. The highest BCUT2D eigenvalue weighted by molar-refractivity contribution is 5.76. The van der Waals surface area contributed by atoms with Crippen molar-refractivity contribution in [3.63, 3.8) is 0 Å². The molecule has 0 fully saturated rings. The van der Waals surface area contributed by atoms with Crippen molar-refractivity contribution in [2.24, 2.45) is 0 Å². The number of anilines is 1. The zero-order valence-electron chi connectivity index (χ0n) is 16.5. The number of nitrogens with one attached hydrogen (secondary N) is 2. The van der Waals surface area contributed by atoms with Gasteiger partial charge in [-0.2, -0.15) is 10.1 Å². The van der Waals surface area contributed by atoms with Crippen LogP contribution in [-0.2, 0) is 6.54 Å². The summed E-state index contributed by atoms with van der Waals surface area (Å²) in [5.41, 5.74) is 2.46. The molecule has 0 spiro atoms. The maximum absolute atomic E-state index is 12.5. The van der Waals surface area contributed by atoms with Gasteiger partial charge in [-0.1, -0.05) is 48.5 Å². The van der Waals surface area contributed by atoms with Crippen molar-refractivity contribution in [3.05, 3.63) is 82.8 Å². The van der Waals surface area contributed by atoms with E-state index in [4.69, 9.17) is 0 Å². The highest BCUT2D eigenvalue weighted by Crippen LogP contribution is 2.15. The van der Waals surface area contributed by atoms with E-state index in [2.05, 4.69) is 51.4 Å². The van der Waals surface area contributed by atoms with E-state index >= 15 is 0 Å². The number of hydrogen-bond donors (Lipinski definition) is 2. The molecule has 0 saturated carbocycles. The quantitative estimate of drug-likeness (QED) is 0.509. The molecule has 1 atom stereocenters. The van der Waals surface area contributed by atoms with E-state index < -0.39 is 0 Å². The molecular weight excluding hydrogens is 364 g/mol. The first kappa shape index (κ1) is 18.9. The van der Waals surface area contributed by atoms with E-state index in [9.17, 15) is 4.79 Å². The number of aromatic amines is 1. The molecule has 0 aliphatic rings. The van der Waals surface area contributed by atoms with E-state index in [1.165, 1.54) is 5.56 Å². The van der Waals surface area contributed by atoms with Crippen molar-refractivity contribution in [2.45, 2.75) is 19.5 Å². The zero-order valence-corrected chi connectivity index (χ0v) is 16.5. The van der Waals surface area contributed by atoms with Gasteiger partial charge in [0.25, 0.3) is 5.56 Å². The van der Waals surface area contributed by atoms with Crippen molar-refractivity contribution in [2.75, 3.05) is 18.9 Å². The lowest BCUT2D eigenvalue weighted by Gasteiger charge is -2.22. The molecule has 7 nitrogen and oxygen atoms in total. The summed E-state index contributed by atoms with van der Waals surface area (Å²) < 4.78 is 1.68. The fraction of sp³-hybridized carbons (Fsp3) is 0.227. The fourth-order valence-electron chi connectivity index (χ4n) is 3.45. The van der Waals surface area contributed by atoms with Crippen molar-refractivity contribution < 1.29 is 0 Å². The van der Waals surface area contributed by atoms with Crippen LogP contribution in [-0.4, -0.2) is 44.3 Å². The SMILES string of the molecule is CC(CN(C)Cc1ccccc1)Nc1nc2c(cnn2-c2ccccc2)c(=O)[nH]1. The second-order valence-electron chi connectivity index (χ2n) is 7.27. The number of likely N-dealkylation sites (N-methyl/N-ethyl adjacent to an activating group) is 1. The molecule has 148 valence electrons. The molecule has 0 amide bonds. The molecule has 29 heavy (non-hydrogen) atoms. The van der Waals surface area contributed by atoms with Gasteiger partial charge in [0.15, 0.2) is 5.65 Å². The predicted molar refractivity (Wildman–Crippen MR) is 115 cm³/mol. The van der Waals surface area contributed by atoms with E-state index in [0.29, 0.717) is 17.0 Å². The first-order chi connectivity index (χ1) is 14.1. The Morgan fingerprint density at radius 3 is 2.52 bits per heavy atom. The molecule has 4 aromatic rings. The number of aromatic nitrogens is 4. The third-order valence-corrected chi connectivity index (χ3v) is 4.70. The Labute approximate surface area is 169 Å². The summed E-state index contributed by atoms with van der Waals surface area (Å²) in [5.74, 6) is 0.445. The van der Waals surface area contributed by atoms with E-state index in [1.807, 2.05) is 48.5 Å². The molecule has 7 heteroatoms. The van der Waals surface area contributed by atoms with Gasteiger partial charge >= 0.3 is 0 Å². The van der Waals surface area contributed by atoms with Crippen LogP contribution >= 0.6 is 0 Å². The molecule has 1 unspecified atom stereocenters. The van der Waals surface area contributed by atoms with Crippen LogP contribution in [0.2, 0.25) is 0 Å². The summed E-state index contributed by atoms with van der Waals surface area (Å²) in [5, 5.41) is 8.12.